The lowest BCUT2D eigenvalue weighted by molar-refractivity contribution is 0.290. The number of hydrogen-bond acceptors (Lipinski definition) is 3. The van der Waals surface area contributed by atoms with Crippen LogP contribution in [0.5, 0.6) is 0 Å². The highest BCUT2D eigenvalue weighted by Crippen LogP contribution is 2.03. The van der Waals surface area contributed by atoms with Crippen molar-refractivity contribution in [1.82, 2.24) is 10.2 Å². The predicted molar refractivity (Wildman–Crippen MR) is 62.8 cm³/mol. The van der Waals surface area contributed by atoms with Gasteiger partial charge in [0.2, 0.25) is 0 Å². The van der Waals surface area contributed by atoms with Gasteiger partial charge in [0.15, 0.2) is 0 Å². The lowest BCUT2D eigenvalue weighted by Crippen LogP contribution is -2.24. The third-order valence-electron chi connectivity index (χ3n) is 2.33. The van der Waals surface area contributed by atoms with Gasteiger partial charge in [-0.25, -0.2) is 0 Å². The minimum absolute atomic E-state index is 0.904. The maximum Gasteiger partial charge on any atom is 0.117 e. The van der Waals surface area contributed by atoms with Crippen LogP contribution in [0.3, 0.4) is 0 Å². The Morgan fingerprint density at radius 2 is 2.27 bits per heavy atom. The van der Waals surface area contributed by atoms with Gasteiger partial charge in [-0.05, 0) is 51.7 Å². The van der Waals surface area contributed by atoms with E-state index in [1.807, 2.05) is 12.1 Å². The van der Waals surface area contributed by atoms with Crippen molar-refractivity contribution in [3.63, 3.8) is 0 Å². The van der Waals surface area contributed by atoms with Gasteiger partial charge in [-0.3, -0.25) is 4.90 Å². The topological polar surface area (TPSA) is 28.4 Å². The minimum Gasteiger partial charge on any atom is -0.468 e. The Morgan fingerprint density at radius 3 is 2.93 bits per heavy atom. The summed E-state index contributed by atoms with van der Waals surface area (Å²) in [5, 5.41) is 3.40. The first kappa shape index (κ1) is 12.3. The molecule has 3 heteroatoms. The smallest absolute Gasteiger partial charge is 0.117 e. The molecule has 0 fully saturated rings. The molecule has 0 atom stereocenters. The molecule has 0 saturated carbocycles. The number of furan rings is 1. The monoisotopic (exact) mass is 210 g/mol. The van der Waals surface area contributed by atoms with Gasteiger partial charge < -0.3 is 9.73 Å². The second-order valence-corrected chi connectivity index (χ2v) is 3.92. The van der Waals surface area contributed by atoms with Crippen LogP contribution in [0.2, 0.25) is 0 Å². The summed E-state index contributed by atoms with van der Waals surface area (Å²) in [6.45, 7) is 6.44. The van der Waals surface area contributed by atoms with Crippen LogP contribution in [0.4, 0.5) is 0 Å². The van der Waals surface area contributed by atoms with Gasteiger partial charge in [-0.2, -0.15) is 0 Å². The molecule has 0 radical (unpaired) electrons. The maximum absolute atomic E-state index is 5.29. The summed E-state index contributed by atoms with van der Waals surface area (Å²) in [7, 11) is 2.13. The van der Waals surface area contributed by atoms with E-state index in [0.717, 1.165) is 31.9 Å². The molecule has 0 bridgehead atoms. The second-order valence-electron chi connectivity index (χ2n) is 3.92. The van der Waals surface area contributed by atoms with Gasteiger partial charge in [-0.1, -0.05) is 6.92 Å². The average Bonchev–Trinajstić information content (AvgIpc) is 2.70. The molecule has 0 aromatic carbocycles. The molecule has 15 heavy (non-hydrogen) atoms. The zero-order chi connectivity index (χ0) is 10.9. The first-order chi connectivity index (χ1) is 7.33. The molecule has 1 rings (SSSR count). The molecule has 0 aliphatic rings. The number of rotatable bonds is 8. The third kappa shape index (κ3) is 5.60. The first-order valence-corrected chi connectivity index (χ1v) is 5.74. The molecule has 0 spiro atoms. The molecule has 0 aliphatic heterocycles. The third-order valence-corrected chi connectivity index (χ3v) is 2.33. The van der Waals surface area contributed by atoms with Gasteiger partial charge >= 0.3 is 0 Å². The van der Waals surface area contributed by atoms with Gasteiger partial charge in [0.05, 0.1) is 12.8 Å². The Morgan fingerprint density at radius 1 is 1.40 bits per heavy atom. The lowest BCUT2D eigenvalue weighted by Gasteiger charge is -2.14. The molecule has 0 unspecified atom stereocenters. The molecular formula is C12H22N2O. The van der Waals surface area contributed by atoms with E-state index in [0.29, 0.717) is 0 Å². The van der Waals surface area contributed by atoms with Crippen LogP contribution >= 0.6 is 0 Å². The quantitative estimate of drug-likeness (QED) is 0.666. The number of nitrogens with one attached hydrogen (secondary N) is 1. The zero-order valence-electron chi connectivity index (χ0n) is 9.83. The normalized spacial score (nSPS) is 11.1. The lowest BCUT2D eigenvalue weighted by atomic mass is 10.3. The minimum atomic E-state index is 0.904. The molecule has 1 aromatic heterocycles. The maximum atomic E-state index is 5.29. The van der Waals surface area contributed by atoms with E-state index in [2.05, 4.69) is 24.2 Å². The predicted octanol–water partition coefficient (Wildman–Crippen LogP) is 2.10. The first-order valence-electron chi connectivity index (χ1n) is 5.74. The summed E-state index contributed by atoms with van der Waals surface area (Å²) in [6.07, 6.45) is 4.13. The molecule has 1 aromatic rings. The van der Waals surface area contributed by atoms with Crippen LogP contribution in [0.25, 0.3) is 0 Å². The fourth-order valence-corrected chi connectivity index (χ4v) is 1.52. The summed E-state index contributed by atoms with van der Waals surface area (Å²) in [5.74, 6) is 1.04. The number of hydrogen-bond donors (Lipinski definition) is 1. The van der Waals surface area contributed by atoms with Crippen LogP contribution in [0.15, 0.2) is 22.8 Å². The van der Waals surface area contributed by atoms with Crippen molar-refractivity contribution >= 4 is 0 Å². The Hall–Kier alpha value is -0.800. The van der Waals surface area contributed by atoms with Crippen molar-refractivity contribution < 1.29 is 4.42 Å². The molecule has 86 valence electrons. The highest BCUT2D eigenvalue weighted by atomic mass is 16.3. The standard InChI is InChI=1S/C12H22N2O/c1-3-7-13-8-5-9-14(2)11-12-6-4-10-15-12/h4,6,10,13H,3,5,7-9,11H2,1-2H3. The van der Waals surface area contributed by atoms with Crippen molar-refractivity contribution in [2.45, 2.75) is 26.3 Å². The summed E-state index contributed by atoms with van der Waals surface area (Å²) in [4.78, 5) is 2.28. The molecule has 1 heterocycles. The largest absolute Gasteiger partial charge is 0.468 e. The number of nitrogens with zero attached hydrogens (tertiary/aromatic N) is 1. The summed E-state index contributed by atoms with van der Waals surface area (Å²) >= 11 is 0. The SMILES string of the molecule is CCCNCCCN(C)Cc1ccco1. The fraction of sp³-hybridized carbons (Fsp3) is 0.667. The van der Waals surface area contributed by atoms with Crippen molar-refractivity contribution in [2.75, 3.05) is 26.7 Å². The van der Waals surface area contributed by atoms with E-state index in [1.54, 1.807) is 6.26 Å². The summed E-state index contributed by atoms with van der Waals surface area (Å²) in [6, 6.07) is 3.96. The van der Waals surface area contributed by atoms with Crippen LogP contribution in [0, 0.1) is 0 Å². The van der Waals surface area contributed by atoms with Gasteiger partial charge in [0, 0.05) is 0 Å². The van der Waals surface area contributed by atoms with Crippen molar-refractivity contribution in [3.8, 4) is 0 Å². The Labute approximate surface area is 92.5 Å². The highest BCUT2D eigenvalue weighted by molar-refractivity contribution is 4.97. The molecule has 0 aliphatic carbocycles. The molecular weight excluding hydrogens is 188 g/mol. The summed E-state index contributed by atoms with van der Waals surface area (Å²) < 4.78 is 5.29. The van der Waals surface area contributed by atoms with Crippen molar-refractivity contribution in [2.24, 2.45) is 0 Å². The second kappa shape index (κ2) is 7.49. The van der Waals surface area contributed by atoms with Crippen LogP contribution in [0.1, 0.15) is 25.5 Å². The van der Waals surface area contributed by atoms with Crippen molar-refractivity contribution in [1.29, 1.82) is 0 Å². The zero-order valence-corrected chi connectivity index (χ0v) is 9.83. The van der Waals surface area contributed by atoms with E-state index in [4.69, 9.17) is 4.42 Å². The van der Waals surface area contributed by atoms with E-state index in [-0.39, 0.29) is 0 Å². The van der Waals surface area contributed by atoms with E-state index < -0.39 is 0 Å². The molecule has 3 nitrogen and oxygen atoms in total. The van der Waals surface area contributed by atoms with Crippen LogP contribution in [-0.2, 0) is 6.54 Å². The van der Waals surface area contributed by atoms with E-state index >= 15 is 0 Å². The molecule has 1 N–H and O–H groups in total. The Kier molecular flexibility index (Phi) is 6.12. The fourth-order valence-electron chi connectivity index (χ4n) is 1.52. The van der Waals surface area contributed by atoms with Gasteiger partial charge in [-0.15, -0.1) is 0 Å². The van der Waals surface area contributed by atoms with E-state index in [9.17, 15) is 0 Å². The average molecular weight is 210 g/mol. The Balaban J connectivity index is 2.01. The van der Waals surface area contributed by atoms with Gasteiger partial charge in [0.25, 0.3) is 0 Å². The van der Waals surface area contributed by atoms with Crippen molar-refractivity contribution in [3.05, 3.63) is 24.2 Å². The van der Waals surface area contributed by atoms with E-state index in [1.165, 1.54) is 12.8 Å². The van der Waals surface area contributed by atoms with Gasteiger partial charge in [0.1, 0.15) is 5.76 Å². The summed E-state index contributed by atoms with van der Waals surface area (Å²) in [5.41, 5.74) is 0. The van der Waals surface area contributed by atoms with Crippen LogP contribution < -0.4 is 5.32 Å². The Bertz CT molecular complexity index is 234. The molecule has 0 amide bonds. The van der Waals surface area contributed by atoms with Crippen LogP contribution in [-0.4, -0.2) is 31.6 Å². The molecule has 0 saturated heterocycles. The highest BCUT2D eigenvalue weighted by Gasteiger charge is 2.01.